The van der Waals surface area contributed by atoms with Crippen molar-refractivity contribution in [2.24, 2.45) is 5.92 Å². The van der Waals surface area contributed by atoms with Gasteiger partial charge in [-0.15, -0.1) is 11.3 Å². The molecule has 1 aromatic heterocycles. The van der Waals surface area contributed by atoms with Crippen LogP contribution in [-0.4, -0.2) is 17.8 Å². The van der Waals surface area contributed by atoms with E-state index >= 15 is 0 Å². The van der Waals surface area contributed by atoms with Gasteiger partial charge in [0.05, 0.1) is 6.10 Å². The lowest BCUT2D eigenvalue weighted by Gasteiger charge is -2.27. The van der Waals surface area contributed by atoms with Crippen LogP contribution in [-0.2, 0) is 6.54 Å². The van der Waals surface area contributed by atoms with E-state index in [-0.39, 0.29) is 6.10 Å². The molecule has 2 nitrogen and oxygen atoms in total. The van der Waals surface area contributed by atoms with Crippen molar-refractivity contribution in [1.29, 1.82) is 0 Å². The Kier molecular flexibility index (Phi) is 4.16. The maximum absolute atomic E-state index is 9.96. The molecule has 3 rings (SSSR count). The number of hydrogen-bond acceptors (Lipinski definition) is 3. The lowest BCUT2D eigenvalue weighted by Crippen LogP contribution is -2.33. The molecule has 1 saturated carbocycles. The predicted octanol–water partition coefficient (Wildman–Crippen LogP) is 3.54. The first-order valence-electron chi connectivity index (χ1n) is 7.18. The number of aliphatic hydroxyl groups excluding tert-OH is 1. The SMILES string of the molecule is OC1CCCCC1CNCc1csc2ccccc12. The van der Waals surface area contributed by atoms with Gasteiger partial charge in [0, 0.05) is 17.8 Å². The molecule has 2 unspecified atom stereocenters. The van der Waals surface area contributed by atoms with Gasteiger partial charge in [0.25, 0.3) is 0 Å². The molecular formula is C16H21NOS. The van der Waals surface area contributed by atoms with Gasteiger partial charge in [-0.05, 0) is 41.2 Å². The summed E-state index contributed by atoms with van der Waals surface area (Å²) in [5.41, 5.74) is 1.38. The molecule has 19 heavy (non-hydrogen) atoms. The molecule has 102 valence electrons. The van der Waals surface area contributed by atoms with Gasteiger partial charge >= 0.3 is 0 Å². The molecule has 1 heterocycles. The minimum atomic E-state index is -0.0968. The van der Waals surface area contributed by atoms with E-state index in [1.807, 2.05) is 11.3 Å². The second kappa shape index (κ2) is 6.04. The van der Waals surface area contributed by atoms with Crippen LogP contribution in [0.1, 0.15) is 31.2 Å². The van der Waals surface area contributed by atoms with Gasteiger partial charge in [0.1, 0.15) is 0 Å². The molecule has 0 saturated heterocycles. The number of aliphatic hydroxyl groups is 1. The van der Waals surface area contributed by atoms with Gasteiger partial charge in [-0.25, -0.2) is 0 Å². The number of thiophene rings is 1. The molecule has 1 aliphatic carbocycles. The van der Waals surface area contributed by atoms with Gasteiger partial charge in [-0.1, -0.05) is 31.0 Å². The molecule has 2 atom stereocenters. The van der Waals surface area contributed by atoms with Crippen molar-refractivity contribution in [2.75, 3.05) is 6.54 Å². The van der Waals surface area contributed by atoms with E-state index in [0.717, 1.165) is 19.5 Å². The molecular weight excluding hydrogens is 254 g/mol. The van der Waals surface area contributed by atoms with Crippen LogP contribution in [0.25, 0.3) is 10.1 Å². The summed E-state index contributed by atoms with van der Waals surface area (Å²) in [5.74, 6) is 0.443. The Labute approximate surface area is 118 Å². The minimum absolute atomic E-state index is 0.0968. The molecule has 0 bridgehead atoms. The first-order chi connectivity index (χ1) is 9.34. The summed E-state index contributed by atoms with van der Waals surface area (Å²) in [6.45, 7) is 1.85. The number of nitrogens with one attached hydrogen (secondary N) is 1. The largest absolute Gasteiger partial charge is 0.393 e. The van der Waals surface area contributed by atoms with Gasteiger partial charge in [-0.3, -0.25) is 0 Å². The Bertz CT molecular complexity index is 536. The number of hydrogen-bond donors (Lipinski definition) is 2. The zero-order valence-corrected chi connectivity index (χ0v) is 12.0. The fraction of sp³-hybridized carbons (Fsp3) is 0.500. The highest BCUT2D eigenvalue weighted by atomic mass is 32.1. The van der Waals surface area contributed by atoms with Crippen LogP contribution >= 0.6 is 11.3 Å². The highest BCUT2D eigenvalue weighted by Gasteiger charge is 2.22. The second-order valence-electron chi connectivity index (χ2n) is 5.50. The standard InChI is InChI=1S/C16H21NOS/c18-15-7-3-1-5-12(15)9-17-10-13-11-19-16-8-4-2-6-14(13)16/h2,4,6,8,11-12,15,17-18H,1,3,5,7,9-10H2. The molecule has 0 amide bonds. The van der Waals surface area contributed by atoms with E-state index in [1.54, 1.807) is 0 Å². The summed E-state index contributed by atoms with van der Waals surface area (Å²) in [5, 5.41) is 17.1. The van der Waals surface area contributed by atoms with Crippen molar-refractivity contribution in [1.82, 2.24) is 5.32 Å². The third-order valence-corrected chi connectivity index (χ3v) is 5.16. The summed E-state index contributed by atoms with van der Waals surface area (Å²) < 4.78 is 1.36. The Morgan fingerprint density at radius 3 is 2.95 bits per heavy atom. The van der Waals surface area contributed by atoms with E-state index in [1.165, 1.54) is 34.9 Å². The highest BCUT2D eigenvalue weighted by molar-refractivity contribution is 7.17. The third kappa shape index (κ3) is 2.99. The van der Waals surface area contributed by atoms with Crippen LogP contribution in [0.3, 0.4) is 0 Å². The van der Waals surface area contributed by atoms with Gasteiger partial charge in [0.15, 0.2) is 0 Å². The van der Waals surface area contributed by atoms with Crippen molar-refractivity contribution in [3.63, 3.8) is 0 Å². The van der Waals surface area contributed by atoms with Gasteiger partial charge in [0.2, 0.25) is 0 Å². The van der Waals surface area contributed by atoms with Crippen molar-refractivity contribution >= 4 is 21.4 Å². The second-order valence-corrected chi connectivity index (χ2v) is 6.41. The monoisotopic (exact) mass is 275 g/mol. The quantitative estimate of drug-likeness (QED) is 0.894. The maximum Gasteiger partial charge on any atom is 0.0580 e. The van der Waals surface area contributed by atoms with Gasteiger partial charge in [-0.2, -0.15) is 0 Å². The fourth-order valence-electron chi connectivity index (χ4n) is 2.99. The van der Waals surface area contributed by atoms with E-state index in [2.05, 4.69) is 35.0 Å². The maximum atomic E-state index is 9.96. The number of fused-ring (bicyclic) bond motifs is 1. The van der Waals surface area contributed by atoms with Crippen LogP contribution in [0.15, 0.2) is 29.6 Å². The molecule has 1 fully saturated rings. The van der Waals surface area contributed by atoms with Crippen molar-refractivity contribution in [2.45, 2.75) is 38.3 Å². The number of rotatable bonds is 4. The predicted molar refractivity (Wildman–Crippen MR) is 81.5 cm³/mol. The Morgan fingerprint density at radius 1 is 1.21 bits per heavy atom. The first-order valence-corrected chi connectivity index (χ1v) is 8.06. The highest BCUT2D eigenvalue weighted by Crippen LogP contribution is 2.26. The minimum Gasteiger partial charge on any atom is -0.393 e. The van der Waals surface area contributed by atoms with Gasteiger partial charge < -0.3 is 10.4 Å². The van der Waals surface area contributed by atoms with E-state index in [9.17, 15) is 5.11 Å². The molecule has 1 aromatic carbocycles. The van der Waals surface area contributed by atoms with Crippen molar-refractivity contribution < 1.29 is 5.11 Å². The number of benzene rings is 1. The molecule has 0 radical (unpaired) electrons. The normalized spacial score (nSPS) is 23.8. The van der Waals surface area contributed by atoms with Crippen LogP contribution in [0, 0.1) is 5.92 Å². The van der Waals surface area contributed by atoms with Crippen molar-refractivity contribution in [3.8, 4) is 0 Å². The summed E-state index contributed by atoms with van der Waals surface area (Å²) in [6.07, 6.45) is 4.50. The Hall–Kier alpha value is -0.900. The Balaban J connectivity index is 1.57. The zero-order chi connectivity index (χ0) is 13.1. The van der Waals surface area contributed by atoms with E-state index < -0.39 is 0 Å². The summed E-state index contributed by atoms with van der Waals surface area (Å²) in [6, 6.07) is 8.56. The average Bonchev–Trinajstić information content (AvgIpc) is 2.85. The third-order valence-electron chi connectivity index (χ3n) is 4.15. The lowest BCUT2D eigenvalue weighted by molar-refractivity contribution is 0.0695. The van der Waals surface area contributed by atoms with E-state index in [4.69, 9.17) is 0 Å². The van der Waals surface area contributed by atoms with Crippen molar-refractivity contribution in [3.05, 3.63) is 35.2 Å². The Morgan fingerprint density at radius 2 is 2.05 bits per heavy atom. The van der Waals surface area contributed by atoms with Crippen LogP contribution in [0.4, 0.5) is 0 Å². The fourth-order valence-corrected chi connectivity index (χ4v) is 3.95. The van der Waals surface area contributed by atoms with Crippen LogP contribution in [0.5, 0.6) is 0 Å². The summed E-state index contributed by atoms with van der Waals surface area (Å²) in [7, 11) is 0. The molecule has 2 N–H and O–H groups in total. The van der Waals surface area contributed by atoms with Crippen LogP contribution < -0.4 is 5.32 Å². The molecule has 0 spiro atoms. The lowest BCUT2D eigenvalue weighted by atomic mass is 9.86. The molecule has 0 aliphatic heterocycles. The first kappa shape index (κ1) is 13.1. The smallest absolute Gasteiger partial charge is 0.0580 e. The van der Waals surface area contributed by atoms with Crippen LogP contribution in [0.2, 0.25) is 0 Å². The van der Waals surface area contributed by atoms with E-state index in [0.29, 0.717) is 5.92 Å². The summed E-state index contributed by atoms with van der Waals surface area (Å²) >= 11 is 1.81. The topological polar surface area (TPSA) is 32.3 Å². The average molecular weight is 275 g/mol. The zero-order valence-electron chi connectivity index (χ0n) is 11.1. The molecule has 3 heteroatoms. The summed E-state index contributed by atoms with van der Waals surface area (Å²) in [4.78, 5) is 0. The molecule has 2 aromatic rings. The molecule has 1 aliphatic rings.